The molecule has 0 fully saturated rings. The number of hydrogen-bond donors (Lipinski definition) is 2. The zero-order valence-electron chi connectivity index (χ0n) is 5.73. The third kappa shape index (κ3) is 0.741. The summed E-state index contributed by atoms with van der Waals surface area (Å²) >= 11 is 0. The maximum absolute atomic E-state index is 9.26. The molecule has 0 amide bonds. The molecule has 0 aliphatic rings. The molecule has 0 spiro atoms. The average Bonchev–Trinajstić information content (AvgIpc) is 2.45. The molecule has 0 aliphatic carbocycles. The van der Waals surface area contributed by atoms with Gasteiger partial charge in [0, 0.05) is 11.7 Å². The molecule has 3 heteroatoms. The topological polar surface area (TPSA) is 44.9 Å². The first kappa shape index (κ1) is 6.09. The van der Waals surface area contributed by atoms with Crippen LogP contribution < -0.4 is 0 Å². The number of pyridine rings is 1. The predicted molar refractivity (Wildman–Crippen MR) is 40.7 cm³/mol. The molecule has 2 heterocycles. The number of fused-ring (bicyclic) bond motifs is 1. The lowest BCUT2D eigenvalue weighted by atomic mass is 10.4. The Kier molecular flexibility index (Phi) is 1.06. The Balaban J connectivity index is 2.93. The van der Waals surface area contributed by atoms with Crippen molar-refractivity contribution < 1.29 is 10.2 Å². The van der Waals surface area contributed by atoms with E-state index in [1.54, 1.807) is 18.3 Å². The lowest BCUT2D eigenvalue weighted by Crippen LogP contribution is -1.82. The van der Waals surface area contributed by atoms with Crippen LogP contribution in [0, 0.1) is 0 Å². The predicted octanol–water partition coefficient (Wildman–Crippen LogP) is 1.35. The lowest BCUT2D eigenvalue weighted by molar-refractivity contribution is 0.384. The monoisotopic (exact) mass is 149 g/mol. The maximum Gasteiger partial charge on any atom is 0.239 e. The second-order valence-corrected chi connectivity index (χ2v) is 2.35. The van der Waals surface area contributed by atoms with Gasteiger partial charge in [-0.05, 0) is 24.3 Å². The minimum absolute atomic E-state index is 0.103. The van der Waals surface area contributed by atoms with E-state index in [2.05, 4.69) is 0 Å². The van der Waals surface area contributed by atoms with Crippen LogP contribution in [-0.4, -0.2) is 14.6 Å². The van der Waals surface area contributed by atoms with Gasteiger partial charge in [-0.1, -0.05) is 0 Å². The van der Waals surface area contributed by atoms with Crippen molar-refractivity contribution in [2.75, 3.05) is 0 Å². The lowest BCUT2D eigenvalue weighted by Gasteiger charge is -1.99. The molecule has 0 saturated carbocycles. The van der Waals surface area contributed by atoms with E-state index in [1.807, 2.05) is 6.07 Å². The van der Waals surface area contributed by atoms with Gasteiger partial charge in [0.05, 0.1) is 0 Å². The highest BCUT2D eigenvalue weighted by Crippen LogP contribution is 2.25. The zero-order chi connectivity index (χ0) is 7.84. The Hall–Kier alpha value is -1.64. The van der Waals surface area contributed by atoms with Crippen LogP contribution in [0.3, 0.4) is 0 Å². The summed E-state index contributed by atoms with van der Waals surface area (Å²) in [4.78, 5) is 0. The summed E-state index contributed by atoms with van der Waals surface area (Å²) in [5.41, 5.74) is 0.861. The number of nitrogens with zero attached hydrogens (tertiary/aromatic N) is 1. The summed E-state index contributed by atoms with van der Waals surface area (Å²) in [5.74, 6) is -0.221. The van der Waals surface area contributed by atoms with Crippen LogP contribution in [0.2, 0.25) is 0 Å². The van der Waals surface area contributed by atoms with Crippen LogP contribution in [0.25, 0.3) is 5.52 Å². The molecule has 0 unspecified atom stereocenters. The standard InChI is InChI=1S/C8H7NO2/c10-7-4-3-6-2-1-5-9(6)8(7)11/h1-5,10-11H. The Morgan fingerprint density at radius 3 is 2.73 bits per heavy atom. The van der Waals surface area contributed by atoms with Crippen molar-refractivity contribution in [1.82, 2.24) is 4.40 Å². The van der Waals surface area contributed by atoms with E-state index in [0.29, 0.717) is 0 Å². The molecule has 0 radical (unpaired) electrons. The zero-order valence-corrected chi connectivity index (χ0v) is 5.73. The molecule has 11 heavy (non-hydrogen) atoms. The maximum atomic E-state index is 9.26. The summed E-state index contributed by atoms with van der Waals surface area (Å²) in [5, 5.41) is 18.3. The van der Waals surface area contributed by atoms with Gasteiger partial charge in [-0.2, -0.15) is 0 Å². The van der Waals surface area contributed by atoms with Gasteiger partial charge in [0.1, 0.15) is 0 Å². The molecule has 56 valence electrons. The van der Waals surface area contributed by atoms with Crippen molar-refractivity contribution in [3.05, 3.63) is 30.5 Å². The van der Waals surface area contributed by atoms with Crippen molar-refractivity contribution in [1.29, 1.82) is 0 Å². The molecule has 0 aliphatic heterocycles. The van der Waals surface area contributed by atoms with Crippen LogP contribution in [0.1, 0.15) is 0 Å². The van der Waals surface area contributed by atoms with Gasteiger partial charge in [0.2, 0.25) is 5.88 Å². The Bertz CT molecular complexity index is 392. The first-order valence-electron chi connectivity index (χ1n) is 3.27. The van der Waals surface area contributed by atoms with Crippen LogP contribution in [0.4, 0.5) is 0 Å². The minimum atomic E-state index is -0.118. The smallest absolute Gasteiger partial charge is 0.239 e. The number of rotatable bonds is 0. The van der Waals surface area contributed by atoms with E-state index >= 15 is 0 Å². The molecule has 2 aromatic rings. The average molecular weight is 149 g/mol. The van der Waals surface area contributed by atoms with E-state index in [0.717, 1.165) is 5.52 Å². The molecule has 2 N–H and O–H groups in total. The van der Waals surface area contributed by atoms with Gasteiger partial charge in [0.15, 0.2) is 5.75 Å². The van der Waals surface area contributed by atoms with Gasteiger partial charge in [0.25, 0.3) is 0 Å². The molecule has 0 aromatic carbocycles. The van der Waals surface area contributed by atoms with Crippen molar-refractivity contribution in [3.63, 3.8) is 0 Å². The normalized spacial score (nSPS) is 10.5. The molecule has 0 atom stereocenters. The molecular formula is C8H7NO2. The van der Waals surface area contributed by atoms with Crippen LogP contribution in [-0.2, 0) is 0 Å². The van der Waals surface area contributed by atoms with E-state index in [4.69, 9.17) is 5.11 Å². The fraction of sp³-hybridized carbons (Fsp3) is 0. The number of hydrogen-bond acceptors (Lipinski definition) is 2. The summed E-state index contributed by atoms with van der Waals surface area (Å²) in [6.07, 6.45) is 1.68. The molecule has 2 aromatic heterocycles. The van der Waals surface area contributed by atoms with Crippen molar-refractivity contribution in [3.8, 4) is 11.6 Å². The first-order chi connectivity index (χ1) is 5.29. The number of aromatic nitrogens is 1. The van der Waals surface area contributed by atoms with Gasteiger partial charge in [-0.15, -0.1) is 0 Å². The van der Waals surface area contributed by atoms with Crippen molar-refractivity contribution in [2.45, 2.75) is 0 Å². The second kappa shape index (κ2) is 1.92. The first-order valence-corrected chi connectivity index (χ1v) is 3.27. The van der Waals surface area contributed by atoms with Crippen LogP contribution >= 0.6 is 0 Å². The van der Waals surface area contributed by atoms with Crippen LogP contribution in [0.5, 0.6) is 11.6 Å². The molecule has 3 nitrogen and oxygen atoms in total. The highest BCUT2D eigenvalue weighted by molar-refractivity contribution is 5.53. The summed E-state index contributed by atoms with van der Waals surface area (Å²) < 4.78 is 1.51. The van der Waals surface area contributed by atoms with Crippen LogP contribution in [0.15, 0.2) is 30.5 Å². The number of aromatic hydroxyl groups is 2. The SMILES string of the molecule is Oc1ccc2cccn2c1O. The molecule has 2 rings (SSSR count). The van der Waals surface area contributed by atoms with E-state index in [1.165, 1.54) is 10.5 Å². The molecule has 0 saturated heterocycles. The second-order valence-electron chi connectivity index (χ2n) is 2.35. The summed E-state index contributed by atoms with van der Waals surface area (Å²) in [6.45, 7) is 0. The van der Waals surface area contributed by atoms with Crippen molar-refractivity contribution in [2.24, 2.45) is 0 Å². The van der Waals surface area contributed by atoms with Gasteiger partial charge >= 0.3 is 0 Å². The molecular weight excluding hydrogens is 142 g/mol. The van der Waals surface area contributed by atoms with E-state index in [9.17, 15) is 5.11 Å². The minimum Gasteiger partial charge on any atom is -0.503 e. The Morgan fingerprint density at radius 1 is 1.09 bits per heavy atom. The fourth-order valence-electron chi connectivity index (χ4n) is 1.09. The van der Waals surface area contributed by atoms with Gasteiger partial charge in [-0.25, -0.2) is 0 Å². The highest BCUT2D eigenvalue weighted by Gasteiger charge is 2.01. The van der Waals surface area contributed by atoms with Gasteiger partial charge in [-0.3, -0.25) is 4.40 Å². The van der Waals surface area contributed by atoms with Gasteiger partial charge < -0.3 is 10.2 Å². The third-order valence-corrected chi connectivity index (χ3v) is 1.65. The van der Waals surface area contributed by atoms with Crippen molar-refractivity contribution >= 4 is 5.52 Å². The quantitative estimate of drug-likeness (QED) is 0.593. The largest absolute Gasteiger partial charge is 0.503 e. The Morgan fingerprint density at radius 2 is 1.91 bits per heavy atom. The third-order valence-electron chi connectivity index (χ3n) is 1.65. The fourth-order valence-corrected chi connectivity index (χ4v) is 1.09. The van der Waals surface area contributed by atoms with E-state index < -0.39 is 0 Å². The highest BCUT2D eigenvalue weighted by atomic mass is 16.3. The summed E-state index contributed by atoms with van der Waals surface area (Å²) in [7, 11) is 0. The Labute approximate surface area is 63.1 Å². The summed E-state index contributed by atoms with van der Waals surface area (Å²) in [6, 6.07) is 6.84. The molecule has 0 bridgehead atoms. The van der Waals surface area contributed by atoms with E-state index in [-0.39, 0.29) is 11.6 Å².